The minimum absolute atomic E-state index is 0.00953. The number of ether oxygens (including phenoxy) is 2. The van der Waals surface area contributed by atoms with Gasteiger partial charge in [0.15, 0.2) is 11.0 Å². The molecule has 0 atom stereocenters. The monoisotopic (exact) mass is 571 g/mol. The number of aromatic nitrogens is 3. The van der Waals surface area contributed by atoms with Crippen molar-refractivity contribution in [1.82, 2.24) is 20.1 Å². The van der Waals surface area contributed by atoms with E-state index < -0.39 is 17.6 Å². The molecule has 208 valence electrons. The van der Waals surface area contributed by atoms with Gasteiger partial charge in [-0.25, -0.2) is 0 Å². The molecule has 40 heavy (non-hydrogen) atoms. The summed E-state index contributed by atoms with van der Waals surface area (Å²) >= 11 is 0.986. The molecule has 9 nitrogen and oxygen atoms in total. The molecule has 0 bridgehead atoms. The molecule has 13 heteroatoms. The highest BCUT2D eigenvalue weighted by atomic mass is 32.2. The summed E-state index contributed by atoms with van der Waals surface area (Å²) in [4.78, 5) is 25.3. The van der Waals surface area contributed by atoms with Crippen LogP contribution in [0.25, 0.3) is 5.69 Å². The Morgan fingerprint density at radius 3 is 2.15 bits per heavy atom. The summed E-state index contributed by atoms with van der Waals surface area (Å²) in [5.74, 6) is 0.367. The summed E-state index contributed by atoms with van der Waals surface area (Å²) in [5.41, 5.74) is -0.227. The van der Waals surface area contributed by atoms with Crippen molar-refractivity contribution in [2.24, 2.45) is 0 Å². The second-order valence-corrected chi connectivity index (χ2v) is 9.17. The summed E-state index contributed by atoms with van der Waals surface area (Å²) in [6.45, 7) is 0.00953. The number of alkyl halides is 3. The number of rotatable bonds is 10. The van der Waals surface area contributed by atoms with Gasteiger partial charge in [0.05, 0.1) is 37.8 Å². The van der Waals surface area contributed by atoms with Gasteiger partial charge in [0.2, 0.25) is 5.91 Å². The van der Waals surface area contributed by atoms with Crippen molar-refractivity contribution < 1.29 is 32.2 Å². The maximum absolute atomic E-state index is 13.3. The molecule has 2 N–H and O–H groups in total. The fourth-order valence-corrected chi connectivity index (χ4v) is 4.43. The number of halogens is 3. The molecule has 0 saturated heterocycles. The first-order valence-corrected chi connectivity index (χ1v) is 12.8. The highest BCUT2D eigenvalue weighted by Gasteiger charge is 2.33. The second-order valence-electron chi connectivity index (χ2n) is 8.22. The van der Waals surface area contributed by atoms with E-state index >= 15 is 0 Å². The first-order valence-electron chi connectivity index (χ1n) is 11.8. The molecule has 4 rings (SSSR count). The molecule has 1 aromatic heterocycles. The van der Waals surface area contributed by atoms with Crippen molar-refractivity contribution in [3.05, 3.63) is 89.7 Å². The zero-order chi connectivity index (χ0) is 28.7. The van der Waals surface area contributed by atoms with Crippen LogP contribution in [0.2, 0.25) is 0 Å². The molecule has 3 aromatic carbocycles. The van der Waals surface area contributed by atoms with Crippen molar-refractivity contribution in [2.75, 3.05) is 25.3 Å². The standard InChI is InChI=1S/C27H24F3N5O4S/c1-38-19-11-7-17(8-12-19)25(37)31-15-23-33-34-26(35(23)18-9-13-20(39-2)14-10-18)40-16-24(36)32-22-6-4-3-5-21(22)27(28,29)30/h3-14H,15-16H2,1-2H3,(H,31,37)(H,32,36). The molecule has 0 saturated carbocycles. The van der Waals surface area contributed by atoms with Gasteiger partial charge in [-0.1, -0.05) is 23.9 Å². The summed E-state index contributed by atoms with van der Waals surface area (Å²) in [6.07, 6.45) is -4.61. The number of carbonyl (C=O) groups is 2. The van der Waals surface area contributed by atoms with Crippen molar-refractivity contribution in [1.29, 1.82) is 0 Å². The van der Waals surface area contributed by atoms with Crippen molar-refractivity contribution in [3.8, 4) is 17.2 Å². The van der Waals surface area contributed by atoms with E-state index in [1.807, 2.05) is 0 Å². The van der Waals surface area contributed by atoms with Crippen LogP contribution in [-0.4, -0.2) is 46.6 Å². The maximum atomic E-state index is 13.3. The first-order chi connectivity index (χ1) is 19.2. The molecule has 0 radical (unpaired) electrons. The summed E-state index contributed by atoms with van der Waals surface area (Å²) in [7, 11) is 3.06. The Balaban J connectivity index is 1.51. The zero-order valence-corrected chi connectivity index (χ0v) is 22.2. The predicted octanol–water partition coefficient (Wildman–Crippen LogP) is 4.96. The SMILES string of the molecule is COc1ccc(C(=O)NCc2nnc(SCC(=O)Nc3ccccc3C(F)(F)F)n2-c2ccc(OC)cc2)cc1. The second kappa shape index (κ2) is 12.6. The third kappa shape index (κ3) is 6.91. The number of benzene rings is 3. The van der Waals surface area contributed by atoms with Gasteiger partial charge < -0.3 is 20.1 Å². The van der Waals surface area contributed by atoms with Crippen LogP contribution in [0.1, 0.15) is 21.7 Å². The maximum Gasteiger partial charge on any atom is 0.418 e. The molecule has 4 aromatic rings. The van der Waals surface area contributed by atoms with Crippen LogP contribution in [0, 0.1) is 0 Å². The first kappa shape index (κ1) is 28.5. The summed E-state index contributed by atoms with van der Waals surface area (Å²) < 4.78 is 51.9. The van der Waals surface area contributed by atoms with Crippen LogP contribution in [0.3, 0.4) is 0 Å². The lowest BCUT2D eigenvalue weighted by atomic mass is 10.1. The van der Waals surface area contributed by atoms with E-state index in [2.05, 4.69) is 20.8 Å². The van der Waals surface area contributed by atoms with Crippen LogP contribution in [0.5, 0.6) is 11.5 Å². The quantitative estimate of drug-likeness (QED) is 0.259. The average Bonchev–Trinajstić information content (AvgIpc) is 3.37. The van der Waals surface area contributed by atoms with Crippen molar-refractivity contribution >= 4 is 29.3 Å². The van der Waals surface area contributed by atoms with Crippen LogP contribution >= 0.6 is 11.8 Å². The fourth-order valence-electron chi connectivity index (χ4n) is 3.66. The number of methoxy groups -OCH3 is 2. The molecule has 0 unspecified atom stereocenters. The van der Waals surface area contributed by atoms with Crippen LogP contribution < -0.4 is 20.1 Å². The Kier molecular flexibility index (Phi) is 8.94. The van der Waals surface area contributed by atoms with Gasteiger partial charge in [-0.2, -0.15) is 13.2 Å². The van der Waals surface area contributed by atoms with Crippen molar-refractivity contribution in [3.63, 3.8) is 0 Å². The van der Waals surface area contributed by atoms with E-state index in [0.717, 1.165) is 17.8 Å². The minimum Gasteiger partial charge on any atom is -0.497 e. The van der Waals surface area contributed by atoms with Gasteiger partial charge in [-0.3, -0.25) is 14.2 Å². The molecule has 1 heterocycles. The van der Waals surface area contributed by atoms with E-state index in [4.69, 9.17) is 9.47 Å². The van der Waals surface area contributed by atoms with Gasteiger partial charge in [-0.15, -0.1) is 10.2 Å². The Bertz CT molecular complexity index is 1480. The van der Waals surface area contributed by atoms with Crippen LogP contribution in [0.15, 0.2) is 78.0 Å². The third-order valence-corrected chi connectivity index (χ3v) is 6.56. The molecule has 0 spiro atoms. The smallest absolute Gasteiger partial charge is 0.418 e. The van der Waals surface area contributed by atoms with E-state index in [-0.39, 0.29) is 23.9 Å². The molecular formula is C27H24F3N5O4S. The van der Waals surface area contributed by atoms with Gasteiger partial charge in [-0.05, 0) is 60.7 Å². The van der Waals surface area contributed by atoms with Gasteiger partial charge in [0, 0.05) is 11.3 Å². The Hall–Kier alpha value is -4.52. The number of nitrogens with one attached hydrogen (secondary N) is 2. The summed E-state index contributed by atoms with van der Waals surface area (Å²) in [5, 5.41) is 13.8. The molecule has 0 fully saturated rings. The van der Waals surface area contributed by atoms with Gasteiger partial charge in [0.1, 0.15) is 11.5 Å². The minimum atomic E-state index is -4.61. The van der Waals surface area contributed by atoms with Crippen molar-refractivity contribution in [2.45, 2.75) is 17.9 Å². The topological polar surface area (TPSA) is 107 Å². The number of carbonyl (C=O) groups excluding carboxylic acids is 2. The number of para-hydroxylation sites is 1. The molecule has 0 aliphatic carbocycles. The summed E-state index contributed by atoms with van der Waals surface area (Å²) in [6, 6.07) is 18.3. The third-order valence-electron chi connectivity index (χ3n) is 5.63. The highest BCUT2D eigenvalue weighted by Crippen LogP contribution is 2.34. The highest BCUT2D eigenvalue weighted by molar-refractivity contribution is 7.99. The molecule has 0 aliphatic heterocycles. The Labute approximate surface area is 231 Å². The fraction of sp³-hybridized carbons (Fsp3) is 0.185. The van der Waals surface area contributed by atoms with Crippen LogP contribution in [0.4, 0.5) is 18.9 Å². The van der Waals surface area contributed by atoms with Gasteiger partial charge in [0.25, 0.3) is 5.91 Å². The lowest BCUT2D eigenvalue weighted by Crippen LogP contribution is -2.24. The van der Waals surface area contributed by atoms with E-state index in [9.17, 15) is 22.8 Å². The number of hydrogen-bond donors (Lipinski definition) is 2. The predicted molar refractivity (Wildman–Crippen MR) is 143 cm³/mol. The number of amides is 2. The van der Waals surface area contributed by atoms with Gasteiger partial charge >= 0.3 is 6.18 Å². The lowest BCUT2D eigenvalue weighted by Gasteiger charge is -2.14. The van der Waals surface area contributed by atoms with Crippen LogP contribution in [-0.2, 0) is 17.5 Å². The Morgan fingerprint density at radius 2 is 1.52 bits per heavy atom. The van der Waals surface area contributed by atoms with E-state index in [1.54, 1.807) is 53.1 Å². The number of anilines is 1. The molecular weight excluding hydrogens is 547 g/mol. The normalized spacial score (nSPS) is 11.1. The molecule has 2 amide bonds. The average molecular weight is 572 g/mol. The number of nitrogens with zero attached hydrogens (tertiary/aromatic N) is 3. The lowest BCUT2D eigenvalue weighted by molar-refractivity contribution is -0.137. The van der Waals surface area contributed by atoms with E-state index in [0.29, 0.717) is 33.7 Å². The Morgan fingerprint density at radius 1 is 0.900 bits per heavy atom. The number of thioether (sulfide) groups is 1. The van der Waals surface area contributed by atoms with E-state index in [1.165, 1.54) is 32.4 Å². The molecule has 0 aliphatic rings. The largest absolute Gasteiger partial charge is 0.497 e. The zero-order valence-electron chi connectivity index (χ0n) is 21.4. The number of hydrogen-bond acceptors (Lipinski definition) is 7.